The van der Waals surface area contributed by atoms with Crippen molar-refractivity contribution >= 4 is 6.29 Å². The van der Waals surface area contributed by atoms with Gasteiger partial charge in [-0.3, -0.25) is 4.79 Å². The number of aromatic nitrogens is 1. The van der Waals surface area contributed by atoms with E-state index >= 15 is 0 Å². The van der Waals surface area contributed by atoms with Crippen LogP contribution in [0.25, 0.3) is 0 Å². The van der Waals surface area contributed by atoms with Crippen LogP contribution < -0.4 is 0 Å². The van der Waals surface area contributed by atoms with E-state index in [0.717, 1.165) is 31.4 Å². The maximum absolute atomic E-state index is 10.9. The standard InChI is InChI=1S/C11H15NO/c1-2-9-7-10-5-3-4-6-12(10)11(9)8-13/h7-8H,2-6H2,1H3. The summed E-state index contributed by atoms with van der Waals surface area (Å²) < 4.78 is 2.19. The average Bonchev–Trinajstić information content (AvgIpc) is 2.55. The number of carbonyl (C=O) groups excluding carboxylic acids is 1. The molecule has 13 heavy (non-hydrogen) atoms. The lowest BCUT2D eigenvalue weighted by molar-refractivity contribution is 0.111. The smallest absolute Gasteiger partial charge is 0.166 e. The van der Waals surface area contributed by atoms with E-state index in [4.69, 9.17) is 0 Å². The maximum atomic E-state index is 10.9. The van der Waals surface area contributed by atoms with E-state index in [2.05, 4.69) is 17.6 Å². The number of hydrogen-bond acceptors (Lipinski definition) is 1. The summed E-state index contributed by atoms with van der Waals surface area (Å²) in [5, 5.41) is 0. The molecule has 0 fully saturated rings. The molecule has 0 aromatic carbocycles. The third kappa shape index (κ3) is 1.30. The average molecular weight is 177 g/mol. The molecule has 1 aromatic heterocycles. The number of aldehydes is 1. The SMILES string of the molecule is CCc1cc2n(c1C=O)CCCC2. The summed E-state index contributed by atoms with van der Waals surface area (Å²) in [6.07, 6.45) is 5.60. The highest BCUT2D eigenvalue weighted by Gasteiger charge is 2.15. The molecule has 70 valence electrons. The Kier molecular flexibility index (Phi) is 2.21. The van der Waals surface area contributed by atoms with Crippen LogP contribution in [0.2, 0.25) is 0 Å². The first-order chi connectivity index (χ1) is 6.36. The summed E-state index contributed by atoms with van der Waals surface area (Å²) in [6.45, 7) is 3.14. The van der Waals surface area contributed by atoms with Crippen LogP contribution in [0, 0.1) is 0 Å². The van der Waals surface area contributed by atoms with E-state index in [1.165, 1.54) is 24.1 Å². The van der Waals surface area contributed by atoms with E-state index in [1.54, 1.807) is 0 Å². The van der Waals surface area contributed by atoms with Gasteiger partial charge in [0.05, 0.1) is 5.69 Å². The molecule has 0 radical (unpaired) electrons. The Labute approximate surface area is 78.6 Å². The van der Waals surface area contributed by atoms with Gasteiger partial charge in [0.1, 0.15) is 0 Å². The second-order valence-corrected chi connectivity index (χ2v) is 3.63. The Balaban J connectivity index is 2.50. The normalized spacial score (nSPS) is 15.5. The predicted molar refractivity (Wildman–Crippen MR) is 52.1 cm³/mol. The zero-order valence-corrected chi connectivity index (χ0v) is 8.05. The number of fused-ring (bicyclic) bond motifs is 1. The predicted octanol–water partition coefficient (Wildman–Crippen LogP) is 2.20. The van der Waals surface area contributed by atoms with E-state index < -0.39 is 0 Å². The van der Waals surface area contributed by atoms with Crippen LogP contribution in [-0.2, 0) is 19.4 Å². The number of carbonyl (C=O) groups is 1. The molecule has 2 heteroatoms. The van der Waals surface area contributed by atoms with Gasteiger partial charge in [-0.15, -0.1) is 0 Å². The molecule has 0 N–H and O–H groups in total. The van der Waals surface area contributed by atoms with Crippen LogP contribution in [0.5, 0.6) is 0 Å². The van der Waals surface area contributed by atoms with Gasteiger partial charge in [0, 0.05) is 12.2 Å². The minimum absolute atomic E-state index is 0.914. The minimum atomic E-state index is 0.914. The fourth-order valence-electron chi connectivity index (χ4n) is 2.15. The Morgan fingerprint density at radius 2 is 2.38 bits per heavy atom. The summed E-state index contributed by atoms with van der Waals surface area (Å²) >= 11 is 0. The van der Waals surface area contributed by atoms with Crippen molar-refractivity contribution in [1.82, 2.24) is 4.57 Å². The van der Waals surface area contributed by atoms with E-state index in [0.29, 0.717) is 0 Å². The number of rotatable bonds is 2. The van der Waals surface area contributed by atoms with Gasteiger partial charge < -0.3 is 4.57 Å². The fraction of sp³-hybridized carbons (Fsp3) is 0.545. The van der Waals surface area contributed by atoms with Crippen LogP contribution >= 0.6 is 0 Å². The van der Waals surface area contributed by atoms with Crippen LogP contribution in [0.4, 0.5) is 0 Å². The lowest BCUT2D eigenvalue weighted by atomic mass is 10.1. The molecule has 0 saturated carbocycles. The second kappa shape index (κ2) is 3.36. The number of hydrogen-bond donors (Lipinski definition) is 0. The third-order valence-electron chi connectivity index (χ3n) is 2.86. The molecule has 0 atom stereocenters. The third-order valence-corrected chi connectivity index (χ3v) is 2.86. The van der Waals surface area contributed by atoms with Crippen LogP contribution in [0.3, 0.4) is 0 Å². The van der Waals surface area contributed by atoms with Gasteiger partial charge in [0.15, 0.2) is 6.29 Å². The van der Waals surface area contributed by atoms with E-state index in [9.17, 15) is 4.79 Å². The fourth-order valence-corrected chi connectivity index (χ4v) is 2.15. The van der Waals surface area contributed by atoms with E-state index in [-0.39, 0.29) is 0 Å². The van der Waals surface area contributed by atoms with Crippen LogP contribution in [0.15, 0.2) is 6.07 Å². The van der Waals surface area contributed by atoms with Crippen molar-refractivity contribution in [1.29, 1.82) is 0 Å². The molecule has 2 heterocycles. The van der Waals surface area contributed by atoms with Crippen molar-refractivity contribution < 1.29 is 4.79 Å². The highest BCUT2D eigenvalue weighted by molar-refractivity contribution is 5.75. The van der Waals surface area contributed by atoms with Crippen molar-refractivity contribution in [2.24, 2.45) is 0 Å². The molecule has 0 amide bonds. The highest BCUT2D eigenvalue weighted by atomic mass is 16.1. The van der Waals surface area contributed by atoms with E-state index in [1.807, 2.05) is 0 Å². The van der Waals surface area contributed by atoms with Crippen LogP contribution in [-0.4, -0.2) is 10.9 Å². The van der Waals surface area contributed by atoms with Gasteiger partial charge in [0.2, 0.25) is 0 Å². The van der Waals surface area contributed by atoms with Gasteiger partial charge in [-0.05, 0) is 37.3 Å². The largest absolute Gasteiger partial charge is 0.342 e. The van der Waals surface area contributed by atoms with Gasteiger partial charge in [-0.2, -0.15) is 0 Å². The van der Waals surface area contributed by atoms with Crippen molar-refractivity contribution in [3.05, 3.63) is 23.0 Å². The lowest BCUT2D eigenvalue weighted by Crippen LogP contribution is -2.12. The van der Waals surface area contributed by atoms with Crippen molar-refractivity contribution in [3.8, 4) is 0 Å². The van der Waals surface area contributed by atoms with Gasteiger partial charge in [-0.1, -0.05) is 6.92 Å². The van der Waals surface area contributed by atoms with Gasteiger partial charge in [0.25, 0.3) is 0 Å². The zero-order valence-electron chi connectivity index (χ0n) is 8.05. The monoisotopic (exact) mass is 177 g/mol. The topological polar surface area (TPSA) is 22.0 Å². The first kappa shape index (κ1) is 8.54. The lowest BCUT2D eigenvalue weighted by Gasteiger charge is -2.15. The van der Waals surface area contributed by atoms with Crippen molar-refractivity contribution in [2.75, 3.05) is 0 Å². The summed E-state index contributed by atoms with van der Waals surface area (Å²) in [5.74, 6) is 0. The number of aryl methyl sites for hydroxylation is 2. The molecule has 0 saturated heterocycles. The zero-order chi connectivity index (χ0) is 9.26. The number of nitrogens with zero attached hydrogens (tertiary/aromatic N) is 1. The Bertz CT molecular complexity index is 325. The molecule has 2 nitrogen and oxygen atoms in total. The summed E-state index contributed by atoms with van der Waals surface area (Å²) in [5.41, 5.74) is 3.48. The summed E-state index contributed by atoms with van der Waals surface area (Å²) in [4.78, 5) is 10.9. The molecule has 0 unspecified atom stereocenters. The summed E-state index contributed by atoms with van der Waals surface area (Å²) in [6, 6.07) is 2.20. The minimum Gasteiger partial charge on any atom is -0.342 e. The maximum Gasteiger partial charge on any atom is 0.166 e. The Hall–Kier alpha value is -1.05. The molecular weight excluding hydrogens is 162 g/mol. The molecule has 2 rings (SSSR count). The summed E-state index contributed by atoms with van der Waals surface area (Å²) in [7, 11) is 0. The molecular formula is C11H15NO. The molecule has 1 aromatic rings. The quantitative estimate of drug-likeness (QED) is 0.635. The highest BCUT2D eigenvalue weighted by Crippen LogP contribution is 2.22. The molecule has 0 bridgehead atoms. The Morgan fingerprint density at radius 3 is 3.08 bits per heavy atom. The van der Waals surface area contributed by atoms with Crippen molar-refractivity contribution in [3.63, 3.8) is 0 Å². The molecule has 1 aliphatic heterocycles. The van der Waals surface area contributed by atoms with Gasteiger partial charge >= 0.3 is 0 Å². The first-order valence-electron chi connectivity index (χ1n) is 5.03. The molecule has 1 aliphatic rings. The second-order valence-electron chi connectivity index (χ2n) is 3.63. The molecule has 0 spiro atoms. The van der Waals surface area contributed by atoms with Gasteiger partial charge in [-0.25, -0.2) is 0 Å². The first-order valence-corrected chi connectivity index (χ1v) is 5.03. The molecule has 0 aliphatic carbocycles. The van der Waals surface area contributed by atoms with Crippen molar-refractivity contribution in [2.45, 2.75) is 39.2 Å². The Morgan fingerprint density at radius 1 is 1.54 bits per heavy atom. The van der Waals surface area contributed by atoms with Crippen LogP contribution in [0.1, 0.15) is 41.5 Å².